The fraction of sp³-hybridized carbons (Fsp3) is 0.0769. The molecule has 0 aliphatic rings. The number of benzene rings is 1. The maximum absolute atomic E-state index is 13.3. The number of nitrogens with zero attached hydrogens (tertiary/aromatic N) is 1. The van der Waals surface area contributed by atoms with Crippen molar-refractivity contribution in [1.82, 2.24) is 4.98 Å². The molecule has 1 aromatic heterocycles. The maximum Gasteiger partial charge on any atom is 0.354 e. The lowest BCUT2D eigenvalue weighted by Crippen LogP contribution is -2.01. The van der Waals surface area contributed by atoms with Crippen LogP contribution in [0.25, 0.3) is 11.1 Å². The average molecular weight is 282 g/mol. The van der Waals surface area contributed by atoms with Crippen molar-refractivity contribution >= 4 is 17.6 Å². The van der Waals surface area contributed by atoms with Gasteiger partial charge in [0.25, 0.3) is 0 Å². The molecule has 1 aromatic carbocycles. The lowest BCUT2D eigenvalue weighted by Gasteiger charge is -2.10. The molecule has 98 valence electrons. The molecule has 0 aliphatic heterocycles. The van der Waals surface area contributed by atoms with E-state index in [4.69, 9.17) is 21.4 Å². The van der Waals surface area contributed by atoms with E-state index in [9.17, 15) is 9.18 Å². The summed E-state index contributed by atoms with van der Waals surface area (Å²) in [6, 6.07) is 5.15. The number of hydrogen-bond donors (Lipinski definition) is 1. The molecule has 0 amide bonds. The number of ether oxygens (including phenoxy) is 1. The van der Waals surface area contributed by atoms with Crippen LogP contribution in [0.5, 0.6) is 5.75 Å². The van der Waals surface area contributed by atoms with E-state index in [2.05, 4.69) is 4.98 Å². The number of carbonyl (C=O) groups is 1. The third kappa shape index (κ3) is 2.66. The summed E-state index contributed by atoms with van der Waals surface area (Å²) in [5.74, 6) is -1.36. The third-order valence-electron chi connectivity index (χ3n) is 2.52. The Bertz CT molecular complexity index is 646. The molecule has 19 heavy (non-hydrogen) atoms. The van der Waals surface area contributed by atoms with E-state index in [1.807, 2.05) is 0 Å². The Labute approximate surface area is 113 Å². The van der Waals surface area contributed by atoms with E-state index in [1.54, 1.807) is 0 Å². The van der Waals surface area contributed by atoms with Crippen molar-refractivity contribution < 1.29 is 19.0 Å². The lowest BCUT2D eigenvalue weighted by atomic mass is 10.1. The van der Waals surface area contributed by atoms with Gasteiger partial charge in [0.1, 0.15) is 11.6 Å². The highest BCUT2D eigenvalue weighted by molar-refractivity contribution is 6.33. The van der Waals surface area contributed by atoms with E-state index in [-0.39, 0.29) is 11.4 Å². The molecule has 6 heteroatoms. The molecule has 0 radical (unpaired) electrons. The van der Waals surface area contributed by atoms with Gasteiger partial charge in [-0.3, -0.25) is 0 Å². The van der Waals surface area contributed by atoms with Gasteiger partial charge >= 0.3 is 5.97 Å². The molecule has 2 aromatic rings. The van der Waals surface area contributed by atoms with E-state index >= 15 is 0 Å². The third-order valence-corrected chi connectivity index (χ3v) is 2.85. The number of aromatic nitrogens is 1. The van der Waals surface area contributed by atoms with Crippen LogP contribution >= 0.6 is 11.6 Å². The van der Waals surface area contributed by atoms with Gasteiger partial charge in [0, 0.05) is 28.4 Å². The van der Waals surface area contributed by atoms with Gasteiger partial charge < -0.3 is 9.84 Å². The predicted molar refractivity (Wildman–Crippen MR) is 68.2 cm³/mol. The summed E-state index contributed by atoms with van der Waals surface area (Å²) in [4.78, 5) is 14.6. The first-order valence-electron chi connectivity index (χ1n) is 5.25. The highest BCUT2D eigenvalue weighted by Gasteiger charge is 2.14. The zero-order chi connectivity index (χ0) is 14.0. The van der Waals surface area contributed by atoms with Crippen molar-refractivity contribution in [3.8, 4) is 16.9 Å². The monoisotopic (exact) mass is 281 g/mol. The zero-order valence-corrected chi connectivity index (χ0v) is 10.6. The minimum Gasteiger partial charge on any atom is -0.496 e. The van der Waals surface area contributed by atoms with Crippen LogP contribution in [0, 0.1) is 5.82 Å². The number of pyridine rings is 1. The largest absolute Gasteiger partial charge is 0.496 e. The zero-order valence-electron chi connectivity index (χ0n) is 9.85. The Hall–Kier alpha value is -2.14. The Balaban J connectivity index is 2.62. The minimum atomic E-state index is -1.17. The molecular weight excluding hydrogens is 273 g/mol. The van der Waals surface area contributed by atoms with Crippen LogP contribution < -0.4 is 4.74 Å². The van der Waals surface area contributed by atoms with Crippen LogP contribution in [-0.4, -0.2) is 23.2 Å². The average Bonchev–Trinajstić information content (AvgIpc) is 2.40. The molecule has 0 saturated heterocycles. The van der Waals surface area contributed by atoms with E-state index in [1.165, 1.54) is 37.6 Å². The van der Waals surface area contributed by atoms with Gasteiger partial charge in [0.15, 0.2) is 5.69 Å². The van der Waals surface area contributed by atoms with Crippen LogP contribution in [0.15, 0.2) is 30.5 Å². The fourth-order valence-corrected chi connectivity index (χ4v) is 1.85. The Kier molecular flexibility index (Phi) is 3.66. The van der Waals surface area contributed by atoms with Crippen molar-refractivity contribution in [2.24, 2.45) is 0 Å². The van der Waals surface area contributed by atoms with Crippen molar-refractivity contribution in [2.45, 2.75) is 0 Å². The standard InChI is InChI=1S/C13H9ClFNO3/c1-19-12-5-11(13(17)18)16-6-9(12)8-4-7(15)2-3-10(8)14/h2-6H,1H3,(H,17,18). The second kappa shape index (κ2) is 5.24. The van der Waals surface area contributed by atoms with Crippen LogP contribution in [-0.2, 0) is 0 Å². The SMILES string of the molecule is COc1cc(C(=O)O)ncc1-c1cc(F)ccc1Cl. The first-order chi connectivity index (χ1) is 9.02. The summed E-state index contributed by atoms with van der Waals surface area (Å²) < 4.78 is 18.4. The van der Waals surface area contributed by atoms with Gasteiger partial charge in [-0.2, -0.15) is 0 Å². The van der Waals surface area contributed by atoms with Gasteiger partial charge in [0.2, 0.25) is 0 Å². The van der Waals surface area contributed by atoms with Gasteiger partial charge in [-0.05, 0) is 18.2 Å². The van der Waals surface area contributed by atoms with Crippen molar-refractivity contribution in [3.05, 3.63) is 47.0 Å². The van der Waals surface area contributed by atoms with Gasteiger partial charge in [0.05, 0.1) is 7.11 Å². The first kappa shape index (κ1) is 13.3. The number of methoxy groups -OCH3 is 1. The minimum absolute atomic E-state index is 0.159. The van der Waals surface area contributed by atoms with Crippen LogP contribution in [0.3, 0.4) is 0 Å². The number of halogens is 2. The Morgan fingerprint density at radius 2 is 2.11 bits per heavy atom. The molecule has 0 aliphatic carbocycles. The molecule has 0 fully saturated rings. The number of rotatable bonds is 3. The quantitative estimate of drug-likeness (QED) is 0.938. The van der Waals surface area contributed by atoms with E-state index in [0.717, 1.165) is 0 Å². The molecule has 1 heterocycles. The topological polar surface area (TPSA) is 59.4 Å². The Morgan fingerprint density at radius 3 is 2.74 bits per heavy atom. The van der Waals surface area contributed by atoms with Crippen LogP contribution in [0.4, 0.5) is 4.39 Å². The summed E-state index contributed by atoms with van der Waals surface area (Å²) >= 11 is 6.00. The van der Waals surface area contributed by atoms with Gasteiger partial charge in [-0.15, -0.1) is 0 Å². The summed E-state index contributed by atoms with van der Waals surface area (Å²) in [7, 11) is 1.39. The summed E-state index contributed by atoms with van der Waals surface area (Å²) in [6.07, 6.45) is 1.29. The fourth-order valence-electron chi connectivity index (χ4n) is 1.63. The molecule has 2 rings (SSSR count). The second-order valence-electron chi connectivity index (χ2n) is 3.70. The molecular formula is C13H9ClFNO3. The molecule has 0 unspecified atom stereocenters. The number of aromatic carboxylic acids is 1. The molecule has 1 N–H and O–H groups in total. The first-order valence-corrected chi connectivity index (χ1v) is 5.63. The van der Waals surface area contributed by atoms with Crippen LogP contribution in [0.1, 0.15) is 10.5 Å². The number of carboxylic acid groups (broad SMARTS) is 1. The van der Waals surface area contributed by atoms with Crippen molar-refractivity contribution in [3.63, 3.8) is 0 Å². The smallest absolute Gasteiger partial charge is 0.354 e. The predicted octanol–water partition coefficient (Wildman–Crippen LogP) is 3.25. The second-order valence-corrected chi connectivity index (χ2v) is 4.11. The molecule has 0 atom stereocenters. The highest BCUT2D eigenvalue weighted by Crippen LogP contribution is 2.35. The lowest BCUT2D eigenvalue weighted by molar-refractivity contribution is 0.0690. The van der Waals surface area contributed by atoms with Crippen LogP contribution in [0.2, 0.25) is 5.02 Å². The Morgan fingerprint density at radius 1 is 1.37 bits per heavy atom. The highest BCUT2D eigenvalue weighted by atomic mass is 35.5. The molecule has 0 saturated carbocycles. The molecule has 0 spiro atoms. The molecule has 0 bridgehead atoms. The number of carboxylic acids is 1. The van der Waals surface area contributed by atoms with Gasteiger partial charge in [-0.25, -0.2) is 14.2 Å². The van der Waals surface area contributed by atoms with Crippen molar-refractivity contribution in [1.29, 1.82) is 0 Å². The van der Waals surface area contributed by atoms with Gasteiger partial charge in [-0.1, -0.05) is 11.6 Å². The molecule has 4 nitrogen and oxygen atoms in total. The summed E-state index contributed by atoms with van der Waals surface area (Å²) in [5, 5.41) is 9.18. The summed E-state index contributed by atoms with van der Waals surface area (Å²) in [5.41, 5.74) is 0.660. The van der Waals surface area contributed by atoms with E-state index in [0.29, 0.717) is 16.1 Å². The van der Waals surface area contributed by atoms with Crippen molar-refractivity contribution in [2.75, 3.05) is 7.11 Å². The number of hydrogen-bond acceptors (Lipinski definition) is 3. The normalized spacial score (nSPS) is 10.3. The summed E-state index contributed by atoms with van der Waals surface area (Å²) in [6.45, 7) is 0. The maximum atomic E-state index is 13.3. The van der Waals surface area contributed by atoms with E-state index < -0.39 is 11.8 Å².